The number of aliphatic imine (C=N–C) groups is 1. The Bertz CT molecular complexity index is 486. The van der Waals surface area contributed by atoms with Crippen LogP contribution in [0.1, 0.15) is 19.4 Å². The number of rotatable bonds is 3. The molecule has 88 valence electrons. The zero-order chi connectivity index (χ0) is 12.3. The van der Waals surface area contributed by atoms with Gasteiger partial charge in [0.2, 0.25) is 0 Å². The molecule has 0 radical (unpaired) electrons. The van der Waals surface area contributed by atoms with Crippen LogP contribution in [0.5, 0.6) is 5.75 Å². The SMILES string of the molecule is CCOc1ccc(/C=C2/N=C(C)OC2=O)cc1. The summed E-state index contributed by atoms with van der Waals surface area (Å²) in [5.74, 6) is 0.784. The van der Waals surface area contributed by atoms with E-state index in [2.05, 4.69) is 4.99 Å². The summed E-state index contributed by atoms with van der Waals surface area (Å²) in [4.78, 5) is 15.3. The zero-order valence-corrected chi connectivity index (χ0v) is 9.77. The Morgan fingerprint density at radius 3 is 2.59 bits per heavy atom. The highest BCUT2D eigenvalue weighted by molar-refractivity contribution is 6.06. The quantitative estimate of drug-likeness (QED) is 0.592. The van der Waals surface area contributed by atoms with Gasteiger partial charge in [-0.15, -0.1) is 0 Å². The van der Waals surface area contributed by atoms with E-state index in [1.807, 2.05) is 31.2 Å². The summed E-state index contributed by atoms with van der Waals surface area (Å²) in [5.41, 5.74) is 1.21. The molecule has 1 aromatic rings. The minimum Gasteiger partial charge on any atom is -0.494 e. The molecule has 1 aromatic carbocycles. The fourth-order valence-corrected chi connectivity index (χ4v) is 1.50. The summed E-state index contributed by atoms with van der Waals surface area (Å²) in [6.45, 7) is 4.22. The summed E-state index contributed by atoms with van der Waals surface area (Å²) in [7, 11) is 0. The van der Waals surface area contributed by atoms with Crippen LogP contribution >= 0.6 is 0 Å². The first kappa shape index (κ1) is 11.4. The van der Waals surface area contributed by atoms with Crippen LogP contribution in [0.15, 0.2) is 35.0 Å². The van der Waals surface area contributed by atoms with Crippen molar-refractivity contribution in [3.8, 4) is 5.75 Å². The van der Waals surface area contributed by atoms with E-state index in [4.69, 9.17) is 9.47 Å². The molecular weight excluding hydrogens is 218 g/mol. The second-order valence-corrected chi connectivity index (χ2v) is 3.55. The third kappa shape index (κ3) is 2.72. The van der Waals surface area contributed by atoms with Gasteiger partial charge >= 0.3 is 5.97 Å². The molecule has 0 aliphatic carbocycles. The predicted octanol–water partition coefficient (Wildman–Crippen LogP) is 2.40. The molecule has 0 unspecified atom stereocenters. The molecule has 1 aliphatic rings. The summed E-state index contributed by atoms with van der Waals surface area (Å²) in [6.07, 6.45) is 1.69. The fraction of sp³-hybridized carbons (Fsp3) is 0.231. The van der Waals surface area contributed by atoms with Crippen molar-refractivity contribution in [2.75, 3.05) is 6.61 Å². The standard InChI is InChI=1S/C13H13NO3/c1-3-16-11-6-4-10(5-7-11)8-12-13(15)17-9(2)14-12/h4-8H,3H2,1-2H3/b12-8+. The largest absolute Gasteiger partial charge is 0.494 e. The van der Waals surface area contributed by atoms with Crippen molar-refractivity contribution >= 4 is 17.9 Å². The van der Waals surface area contributed by atoms with Crippen LogP contribution in [-0.4, -0.2) is 18.5 Å². The van der Waals surface area contributed by atoms with Crippen molar-refractivity contribution in [2.24, 2.45) is 4.99 Å². The van der Waals surface area contributed by atoms with Crippen LogP contribution in [0, 0.1) is 0 Å². The molecule has 0 fully saturated rings. The average Bonchev–Trinajstić information content (AvgIpc) is 2.61. The summed E-state index contributed by atoms with van der Waals surface area (Å²) >= 11 is 0. The van der Waals surface area contributed by atoms with Crippen LogP contribution in [0.3, 0.4) is 0 Å². The van der Waals surface area contributed by atoms with E-state index >= 15 is 0 Å². The van der Waals surface area contributed by atoms with Gasteiger partial charge in [-0.1, -0.05) is 12.1 Å². The number of cyclic esters (lactones) is 1. The van der Waals surface area contributed by atoms with E-state index in [-0.39, 0.29) is 0 Å². The van der Waals surface area contributed by atoms with Crippen LogP contribution in [0.2, 0.25) is 0 Å². The van der Waals surface area contributed by atoms with Gasteiger partial charge in [0.15, 0.2) is 11.6 Å². The number of nitrogens with zero attached hydrogens (tertiary/aromatic N) is 1. The molecular formula is C13H13NO3. The lowest BCUT2D eigenvalue weighted by molar-refractivity contribution is -0.130. The maximum atomic E-state index is 11.3. The van der Waals surface area contributed by atoms with Gasteiger partial charge in [0, 0.05) is 6.92 Å². The number of esters is 1. The van der Waals surface area contributed by atoms with Crippen LogP contribution in [0.4, 0.5) is 0 Å². The Labute approximate surface area is 99.6 Å². The molecule has 0 spiro atoms. The highest BCUT2D eigenvalue weighted by Crippen LogP contribution is 2.18. The normalized spacial score (nSPS) is 16.9. The van der Waals surface area contributed by atoms with Gasteiger partial charge in [0.1, 0.15) is 5.75 Å². The third-order valence-corrected chi connectivity index (χ3v) is 2.22. The molecule has 0 saturated heterocycles. The summed E-state index contributed by atoms with van der Waals surface area (Å²) in [6, 6.07) is 7.45. The maximum Gasteiger partial charge on any atom is 0.363 e. The lowest BCUT2D eigenvalue weighted by Gasteiger charge is -2.02. The Morgan fingerprint density at radius 2 is 2.06 bits per heavy atom. The second-order valence-electron chi connectivity index (χ2n) is 3.55. The van der Waals surface area contributed by atoms with Crippen molar-refractivity contribution in [3.63, 3.8) is 0 Å². The Morgan fingerprint density at radius 1 is 1.35 bits per heavy atom. The van der Waals surface area contributed by atoms with Crippen LogP contribution < -0.4 is 4.74 Å². The predicted molar refractivity (Wildman–Crippen MR) is 64.8 cm³/mol. The van der Waals surface area contributed by atoms with Crippen LogP contribution in [-0.2, 0) is 9.53 Å². The number of hydrogen-bond donors (Lipinski definition) is 0. The first-order valence-electron chi connectivity index (χ1n) is 5.41. The maximum absolute atomic E-state index is 11.3. The average molecular weight is 231 g/mol. The fourth-order valence-electron chi connectivity index (χ4n) is 1.50. The molecule has 0 amide bonds. The van der Waals surface area contributed by atoms with Gasteiger partial charge in [-0.25, -0.2) is 9.79 Å². The molecule has 17 heavy (non-hydrogen) atoms. The number of ether oxygens (including phenoxy) is 2. The van der Waals surface area contributed by atoms with Gasteiger partial charge in [0.25, 0.3) is 0 Å². The van der Waals surface area contributed by atoms with Gasteiger partial charge in [-0.05, 0) is 30.7 Å². The lowest BCUT2D eigenvalue weighted by atomic mass is 10.2. The molecule has 0 N–H and O–H groups in total. The highest BCUT2D eigenvalue weighted by Gasteiger charge is 2.19. The van der Waals surface area contributed by atoms with Crippen molar-refractivity contribution in [1.29, 1.82) is 0 Å². The van der Waals surface area contributed by atoms with Gasteiger partial charge in [-0.2, -0.15) is 0 Å². The molecule has 0 atom stereocenters. The molecule has 2 rings (SSSR count). The van der Waals surface area contributed by atoms with Crippen molar-refractivity contribution < 1.29 is 14.3 Å². The lowest BCUT2D eigenvalue weighted by Crippen LogP contribution is -1.99. The summed E-state index contributed by atoms with van der Waals surface area (Å²) in [5, 5.41) is 0. The Balaban J connectivity index is 2.19. The van der Waals surface area contributed by atoms with E-state index in [1.54, 1.807) is 13.0 Å². The smallest absolute Gasteiger partial charge is 0.363 e. The first-order valence-corrected chi connectivity index (χ1v) is 5.41. The second kappa shape index (κ2) is 4.82. The topological polar surface area (TPSA) is 47.9 Å². The zero-order valence-electron chi connectivity index (χ0n) is 9.77. The minimum atomic E-state index is -0.406. The van der Waals surface area contributed by atoms with E-state index < -0.39 is 5.97 Å². The number of benzene rings is 1. The van der Waals surface area contributed by atoms with Crippen molar-refractivity contribution in [1.82, 2.24) is 0 Å². The number of hydrogen-bond acceptors (Lipinski definition) is 4. The molecule has 1 heterocycles. The first-order chi connectivity index (χ1) is 8.19. The molecule has 0 saturated carbocycles. The number of carbonyl (C=O) groups is 1. The van der Waals surface area contributed by atoms with Crippen molar-refractivity contribution in [2.45, 2.75) is 13.8 Å². The highest BCUT2D eigenvalue weighted by atomic mass is 16.6. The summed E-state index contributed by atoms with van der Waals surface area (Å²) < 4.78 is 10.2. The van der Waals surface area contributed by atoms with Gasteiger partial charge in [0.05, 0.1) is 6.61 Å². The van der Waals surface area contributed by atoms with Crippen molar-refractivity contribution in [3.05, 3.63) is 35.5 Å². The molecule has 4 nitrogen and oxygen atoms in total. The van der Waals surface area contributed by atoms with Gasteiger partial charge in [-0.3, -0.25) is 0 Å². The monoisotopic (exact) mass is 231 g/mol. The molecule has 0 aromatic heterocycles. The molecule has 4 heteroatoms. The molecule has 0 bridgehead atoms. The van der Waals surface area contributed by atoms with Gasteiger partial charge < -0.3 is 9.47 Å². The van der Waals surface area contributed by atoms with Crippen LogP contribution in [0.25, 0.3) is 6.08 Å². The van der Waals surface area contributed by atoms with E-state index in [1.165, 1.54) is 0 Å². The Hall–Kier alpha value is -2.10. The molecule has 1 aliphatic heterocycles. The minimum absolute atomic E-state index is 0.326. The third-order valence-electron chi connectivity index (χ3n) is 2.22. The number of carbonyl (C=O) groups excluding carboxylic acids is 1. The van der Waals surface area contributed by atoms with E-state index in [0.717, 1.165) is 11.3 Å². The van der Waals surface area contributed by atoms with E-state index in [9.17, 15) is 4.79 Å². The Kier molecular flexibility index (Phi) is 3.23. The van der Waals surface area contributed by atoms with E-state index in [0.29, 0.717) is 18.2 Å².